The summed E-state index contributed by atoms with van der Waals surface area (Å²) in [5.41, 5.74) is -0.0170. The molecule has 1 aliphatic heterocycles. The highest BCUT2D eigenvalue weighted by molar-refractivity contribution is 5.95. The molecule has 2 fully saturated rings. The van der Waals surface area contributed by atoms with E-state index in [-0.39, 0.29) is 34.6 Å². The van der Waals surface area contributed by atoms with Crippen LogP contribution in [0.3, 0.4) is 0 Å². The fraction of sp³-hybridized carbons (Fsp3) is 0.722. The number of nitrogens with one attached hydrogen (secondary N) is 2. The summed E-state index contributed by atoms with van der Waals surface area (Å²) in [5, 5.41) is 3.07. The maximum Gasteiger partial charge on any atom is 0.264 e. The molecule has 6 heteroatoms. The van der Waals surface area contributed by atoms with E-state index in [0.29, 0.717) is 17.4 Å². The molecule has 1 saturated carbocycles. The summed E-state index contributed by atoms with van der Waals surface area (Å²) in [6, 6.07) is 0.0832. The number of ether oxygens (including phenoxy) is 1. The van der Waals surface area contributed by atoms with Crippen molar-refractivity contribution in [2.45, 2.75) is 70.9 Å². The maximum absolute atomic E-state index is 12.7. The molecule has 3 atom stereocenters. The molecular weight excluding hydrogens is 306 g/mol. The van der Waals surface area contributed by atoms with Gasteiger partial charge in [-0.1, -0.05) is 20.8 Å². The quantitative estimate of drug-likeness (QED) is 0.868. The highest BCUT2D eigenvalue weighted by Crippen LogP contribution is 2.34. The number of hydrogen-bond donors (Lipinski definition) is 2. The molecule has 1 saturated heterocycles. The molecule has 0 spiro atoms. The Balaban J connectivity index is 1.81. The monoisotopic (exact) mass is 333 g/mol. The minimum absolute atomic E-state index is 0.0832. The SMILES string of the molecule is Cc1nc(C(C)(C)C)[nH]c(=O)c1C(=O)N[C@@H]1CCC[C@H]2OCC[C@@H]12. The van der Waals surface area contributed by atoms with Gasteiger partial charge in [-0.25, -0.2) is 4.98 Å². The summed E-state index contributed by atoms with van der Waals surface area (Å²) < 4.78 is 5.74. The largest absolute Gasteiger partial charge is 0.378 e. The average Bonchev–Trinajstić information content (AvgIpc) is 2.95. The van der Waals surface area contributed by atoms with Crippen molar-refractivity contribution in [2.75, 3.05) is 6.61 Å². The van der Waals surface area contributed by atoms with Crippen LogP contribution in [0.5, 0.6) is 0 Å². The van der Waals surface area contributed by atoms with E-state index in [1.807, 2.05) is 20.8 Å². The molecule has 2 heterocycles. The van der Waals surface area contributed by atoms with Crippen molar-refractivity contribution in [3.05, 3.63) is 27.4 Å². The predicted octanol–water partition coefficient (Wildman–Crippen LogP) is 2.06. The lowest BCUT2D eigenvalue weighted by atomic mass is 9.81. The third kappa shape index (κ3) is 3.24. The second kappa shape index (κ2) is 6.31. The van der Waals surface area contributed by atoms with Crippen LogP contribution in [-0.2, 0) is 10.2 Å². The van der Waals surface area contributed by atoms with Crippen LogP contribution < -0.4 is 10.9 Å². The summed E-state index contributed by atoms with van der Waals surface area (Å²) in [6.07, 6.45) is 4.29. The first-order chi connectivity index (χ1) is 11.3. The molecule has 6 nitrogen and oxygen atoms in total. The molecule has 0 unspecified atom stereocenters. The Kier molecular flexibility index (Phi) is 4.51. The third-order valence-electron chi connectivity index (χ3n) is 5.14. The van der Waals surface area contributed by atoms with E-state index in [9.17, 15) is 9.59 Å². The first-order valence-corrected chi connectivity index (χ1v) is 8.81. The van der Waals surface area contributed by atoms with Gasteiger partial charge in [-0.05, 0) is 32.6 Å². The van der Waals surface area contributed by atoms with Crippen molar-refractivity contribution < 1.29 is 9.53 Å². The molecule has 1 aromatic heterocycles. The summed E-state index contributed by atoms with van der Waals surface area (Å²) in [7, 11) is 0. The Labute approximate surface area is 142 Å². The molecule has 132 valence electrons. The number of aromatic nitrogens is 2. The van der Waals surface area contributed by atoms with Crippen LogP contribution >= 0.6 is 0 Å². The zero-order chi connectivity index (χ0) is 17.5. The molecule has 0 radical (unpaired) electrons. The zero-order valence-electron chi connectivity index (χ0n) is 14.9. The van der Waals surface area contributed by atoms with Gasteiger partial charge in [-0.3, -0.25) is 9.59 Å². The van der Waals surface area contributed by atoms with Crippen molar-refractivity contribution in [3.63, 3.8) is 0 Å². The van der Waals surface area contributed by atoms with Crippen molar-refractivity contribution in [3.8, 4) is 0 Å². The molecule has 1 amide bonds. The summed E-state index contributed by atoms with van der Waals surface area (Å²) in [6.45, 7) is 8.43. The van der Waals surface area contributed by atoms with E-state index in [4.69, 9.17) is 4.74 Å². The Morgan fingerprint density at radius 3 is 2.71 bits per heavy atom. The first-order valence-electron chi connectivity index (χ1n) is 8.81. The van der Waals surface area contributed by atoms with Crippen molar-refractivity contribution in [1.29, 1.82) is 0 Å². The molecule has 3 rings (SSSR count). The highest BCUT2D eigenvalue weighted by Gasteiger charge is 2.38. The molecule has 2 aliphatic rings. The standard InChI is InChI=1S/C18H27N3O3/c1-10-14(16(23)21-17(19-10)18(2,3)4)15(22)20-12-6-5-7-13-11(12)8-9-24-13/h11-13H,5-9H2,1-4H3,(H,20,22)(H,19,21,23)/t11-,12+,13+/m0/s1. The average molecular weight is 333 g/mol. The van der Waals surface area contributed by atoms with E-state index in [0.717, 1.165) is 32.3 Å². The molecule has 1 aliphatic carbocycles. The molecule has 1 aromatic rings. The first kappa shape index (κ1) is 17.1. The number of rotatable bonds is 2. The number of carbonyl (C=O) groups excluding carboxylic acids is 1. The Hall–Kier alpha value is -1.69. The van der Waals surface area contributed by atoms with Crippen LogP contribution in [0.4, 0.5) is 0 Å². The van der Waals surface area contributed by atoms with Crippen LogP contribution in [0.25, 0.3) is 0 Å². The second-order valence-electron chi connectivity index (χ2n) is 8.00. The molecule has 2 N–H and O–H groups in total. The van der Waals surface area contributed by atoms with E-state index in [2.05, 4.69) is 15.3 Å². The van der Waals surface area contributed by atoms with E-state index in [1.165, 1.54) is 0 Å². The number of H-pyrrole nitrogens is 1. The second-order valence-corrected chi connectivity index (χ2v) is 8.00. The molecule has 0 bridgehead atoms. The van der Waals surface area contributed by atoms with Gasteiger partial charge in [0.25, 0.3) is 11.5 Å². The minimum atomic E-state index is -0.361. The third-order valence-corrected chi connectivity index (χ3v) is 5.14. The van der Waals surface area contributed by atoms with Gasteiger partial charge in [0.2, 0.25) is 0 Å². The van der Waals surface area contributed by atoms with Crippen molar-refractivity contribution in [1.82, 2.24) is 15.3 Å². The highest BCUT2D eigenvalue weighted by atomic mass is 16.5. The Morgan fingerprint density at radius 1 is 1.29 bits per heavy atom. The maximum atomic E-state index is 12.7. The minimum Gasteiger partial charge on any atom is -0.378 e. The van der Waals surface area contributed by atoms with Crippen molar-refractivity contribution in [2.24, 2.45) is 5.92 Å². The number of amides is 1. The predicted molar refractivity (Wildman–Crippen MR) is 91.2 cm³/mol. The van der Waals surface area contributed by atoms with Gasteiger partial charge in [-0.15, -0.1) is 0 Å². The van der Waals surface area contributed by atoms with Gasteiger partial charge >= 0.3 is 0 Å². The Bertz CT molecular complexity index is 690. The normalized spacial score (nSPS) is 26.9. The van der Waals surface area contributed by atoms with Crippen LogP contribution in [0.1, 0.15) is 68.3 Å². The van der Waals surface area contributed by atoms with E-state index >= 15 is 0 Å². The lowest BCUT2D eigenvalue weighted by Crippen LogP contribution is -2.47. The van der Waals surface area contributed by atoms with Gasteiger partial charge < -0.3 is 15.0 Å². The summed E-state index contributed by atoms with van der Waals surface area (Å²) in [5.74, 6) is 0.645. The topological polar surface area (TPSA) is 84.1 Å². The number of nitrogens with zero attached hydrogens (tertiary/aromatic N) is 1. The Morgan fingerprint density at radius 2 is 2.04 bits per heavy atom. The summed E-state index contributed by atoms with van der Waals surface area (Å²) >= 11 is 0. The van der Waals surface area contributed by atoms with E-state index < -0.39 is 0 Å². The fourth-order valence-electron chi connectivity index (χ4n) is 3.80. The van der Waals surface area contributed by atoms with Crippen LogP contribution in [0, 0.1) is 12.8 Å². The smallest absolute Gasteiger partial charge is 0.264 e. The van der Waals surface area contributed by atoms with Gasteiger partial charge in [0, 0.05) is 24.0 Å². The van der Waals surface area contributed by atoms with Gasteiger partial charge in [0.1, 0.15) is 11.4 Å². The van der Waals surface area contributed by atoms with Crippen LogP contribution in [0.15, 0.2) is 4.79 Å². The van der Waals surface area contributed by atoms with Crippen molar-refractivity contribution >= 4 is 5.91 Å². The number of aromatic amines is 1. The van der Waals surface area contributed by atoms with Gasteiger partial charge in [0.15, 0.2) is 0 Å². The number of hydrogen-bond acceptors (Lipinski definition) is 4. The van der Waals surface area contributed by atoms with Gasteiger partial charge in [-0.2, -0.15) is 0 Å². The lowest BCUT2D eigenvalue weighted by molar-refractivity contribution is 0.0510. The lowest BCUT2D eigenvalue weighted by Gasteiger charge is -2.33. The zero-order valence-corrected chi connectivity index (χ0v) is 14.9. The van der Waals surface area contributed by atoms with E-state index in [1.54, 1.807) is 6.92 Å². The molecule has 24 heavy (non-hydrogen) atoms. The molecular formula is C18H27N3O3. The number of aryl methyl sites for hydroxylation is 1. The van der Waals surface area contributed by atoms with Gasteiger partial charge in [0.05, 0.1) is 11.8 Å². The molecule has 0 aromatic carbocycles. The van der Waals surface area contributed by atoms with Crippen LogP contribution in [0.2, 0.25) is 0 Å². The fourth-order valence-corrected chi connectivity index (χ4v) is 3.80. The number of carbonyl (C=O) groups is 1. The number of fused-ring (bicyclic) bond motifs is 1. The van der Waals surface area contributed by atoms with Crippen LogP contribution in [-0.4, -0.2) is 34.6 Å². The summed E-state index contributed by atoms with van der Waals surface area (Å²) in [4.78, 5) is 32.3.